The minimum atomic E-state index is -0.472. The third-order valence-electron chi connectivity index (χ3n) is 2.23. The summed E-state index contributed by atoms with van der Waals surface area (Å²) >= 11 is 0. The van der Waals surface area contributed by atoms with Crippen LogP contribution in [0.25, 0.3) is 0 Å². The van der Waals surface area contributed by atoms with Crippen LogP contribution in [0.4, 0.5) is 0 Å². The highest BCUT2D eigenvalue weighted by molar-refractivity contribution is 6.50. The fraction of sp³-hybridized carbons (Fsp3) is 0.750. The summed E-state index contributed by atoms with van der Waals surface area (Å²) in [4.78, 5) is 0. The molecule has 5 nitrogen and oxygen atoms in total. The summed E-state index contributed by atoms with van der Waals surface area (Å²) in [5, 5.41) is 27.1. The highest BCUT2D eigenvalue weighted by Gasteiger charge is 2.48. The van der Waals surface area contributed by atoms with Crippen LogP contribution in [-0.4, -0.2) is 32.9 Å². The van der Waals surface area contributed by atoms with Crippen molar-refractivity contribution in [2.24, 2.45) is 10.3 Å². The highest BCUT2D eigenvalue weighted by Crippen LogP contribution is 2.25. The van der Waals surface area contributed by atoms with Crippen molar-refractivity contribution < 1.29 is 10.4 Å². The van der Waals surface area contributed by atoms with Crippen LogP contribution >= 0.6 is 0 Å². The Bertz CT molecular complexity index is 251. The van der Waals surface area contributed by atoms with Crippen molar-refractivity contribution in [3.63, 3.8) is 0 Å². The van der Waals surface area contributed by atoms with Crippen LogP contribution < -0.4 is 5.32 Å². The summed E-state index contributed by atoms with van der Waals surface area (Å²) in [6, 6.07) is 0. The van der Waals surface area contributed by atoms with E-state index in [1.807, 2.05) is 27.7 Å². The Morgan fingerprint density at radius 2 is 1.23 bits per heavy atom. The molecule has 0 aliphatic carbocycles. The maximum Gasteiger partial charge on any atom is 0.126 e. The van der Waals surface area contributed by atoms with E-state index in [9.17, 15) is 0 Å². The minimum absolute atomic E-state index is 0.375. The topological polar surface area (TPSA) is 77.2 Å². The maximum absolute atomic E-state index is 8.79. The number of oxime groups is 2. The first-order chi connectivity index (χ1) is 5.85. The molecule has 0 bridgehead atoms. The van der Waals surface area contributed by atoms with Gasteiger partial charge in [-0.25, -0.2) is 0 Å². The lowest BCUT2D eigenvalue weighted by molar-refractivity contribution is 0.311. The Kier molecular flexibility index (Phi) is 2.07. The molecule has 1 aliphatic heterocycles. The normalized spacial score (nSPS) is 31.4. The molecule has 1 fully saturated rings. The predicted octanol–water partition coefficient (Wildman–Crippen LogP) is 0.807. The monoisotopic (exact) mass is 185 g/mol. The zero-order valence-corrected chi connectivity index (χ0v) is 8.29. The maximum atomic E-state index is 8.79. The lowest BCUT2D eigenvalue weighted by Crippen LogP contribution is -2.46. The zero-order valence-electron chi connectivity index (χ0n) is 8.29. The lowest BCUT2D eigenvalue weighted by Gasteiger charge is -2.22. The Labute approximate surface area is 77.1 Å². The van der Waals surface area contributed by atoms with Gasteiger partial charge in [-0.15, -0.1) is 0 Å². The summed E-state index contributed by atoms with van der Waals surface area (Å²) in [7, 11) is 0. The molecule has 0 aromatic heterocycles. The standard InChI is InChI=1S/C8H15N3O2/c1-7(2)5(9-12)6(10-13)8(3,4)11-7/h11-13H,1-4H3/b9-5-,10-6-. The summed E-state index contributed by atoms with van der Waals surface area (Å²) < 4.78 is 0. The first-order valence-electron chi connectivity index (χ1n) is 4.10. The van der Waals surface area contributed by atoms with Crippen LogP contribution in [0.3, 0.4) is 0 Å². The van der Waals surface area contributed by atoms with E-state index in [0.29, 0.717) is 11.4 Å². The van der Waals surface area contributed by atoms with Gasteiger partial charge in [0.1, 0.15) is 11.4 Å². The molecule has 0 atom stereocenters. The average molecular weight is 185 g/mol. The van der Waals surface area contributed by atoms with Crippen LogP contribution in [0.2, 0.25) is 0 Å². The van der Waals surface area contributed by atoms with Crippen molar-refractivity contribution in [3.8, 4) is 0 Å². The fourth-order valence-corrected chi connectivity index (χ4v) is 1.84. The Morgan fingerprint density at radius 1 is 0.923 bits per heavy atom. The van der Waals surface area contributed by atoms with Crippen molar-refractivity contribution in [2.45, 2.75) is 38.8 Å². The molecule has 0 unspecified atom stereocenters. The van der Waals surface area contributed by atoms with E-state index in [-0.39, 0.29) is 0 Å². The third kappa shape index (κ3) is 1.39. The fourth-order valence-electron chi connectivity index (χ4n) is 1.84. The van der Waals surface area contributed by atoms with Gasteiger partial charge in [-0.1, -0.05) is 10.3 Å². The molecule has 1 saturated heterocycles. The second-order valence-corrected chi connectivity index (χ2v) is 4.27. The van der Waals surface area contributed by atoms with Gasteiger partial charge in [-0.2, -0.15) is 0 Å². The molecule has 0 spiro atoms. The molecular formula is C8H15N3O2. The second kappa shape index (κ2) is 2.70. The highest BCUT2D eigenvalue weighted by atomic mass is 16.4. The summed E-state index contributed by atoms with van der Waals surface area (Å²) in [5.74, 6) is 0. The van der Waals surface area contributed by atoms with Gasteiger partial charge in [0, 0.05) is 0 Å². The zero-order chi connectivity index (χ0) is 10.3. The van der Waals surface area contributed by atoms with E-state index in [1.165, 1.54) is 0 Å². The van der Waals surface area contributed by atoms with Gasteiger partial charge in [-0.05, 0) is 27.7 Å². The average Bonchev–Trinajstić information content (AvgIpc) is 2.13. The van der Waals surface area contributed by atoms with Gasteiger partial charge in [0.05, 0.1) is 11.1 Å². The molecule has 0 aromatic rings. The number of nitrogens with one attached hydrogen (secondary N) is 1. The Morgan fingerprint density at radius 3 is 1.46 bits per heavy atom. The largest absolute Gasteiger partial charge is 0.411 e. The van der Waals surface area contributed by atoms with E-state index in [4.69, 9.17) is 10.4 Å². The van der Waals surface area contributed by atoms with E-state index >= 15 is 0 Å². The van der Waals surface area contributed by atoms with Crippen LogP contribution in [-0.2, 0) is 0 Å². The molecule has 1 heterocycles. The SMILES string of the molecule is CC1(C)NC(C)(C)C(=N\O)/C1=N/O. The molecule has 1 rings (SSSR count). The third-order valence-corrected chi connectivity index (χ3v) is 2.23. The first-order valence-corrected chi connectivity index (χ1v) is 4.10. The molecule has 0 aromatic carbocycles. The molecule has 3 N–H and O–H groups in total. The van der Waals surface area contributed by atoms with E-state index in [0.717, 1.165) is 0 Å². The number of nitrogens with zero attached hydrogens (tertiary/aromatic N) is 2. The lowest BCUT2D eigenvalue weighted by atomic mass is 9.96. The molecule has 0 radical (unpaired) electrons. The molecule has 13 heavy (non-hydrogen) atoms. The molecule has 0 saturated carbocycles. The smallest absolute Gasteiger partial charge is 0.126 e. The quantitative estimate of drug-likeness (QED) is 0.386. The first kappa shape index (κ1) is 9.98. The van der Waals surface area contributed by atoms with Gasteiger partial charge < -0.3 is 10.4 Å². The second-order valence-electron chi connectivity index (χ2n) is 4.27. The van der Waals surface area contributed by atoms with Gasteiger partial charge in [-0.3, -0.25) is 5.32 Å². The molecular weight excluding hydrogens is 170 g/mol. The van der Waals surface area contributed by atoms with Crippen molar-refractivity contribution in [1.29, 1.82) is 0 Å². The van der Waals surface area contributed by atoms with E-state index in [2.05, 4.69) is 15.6 Å². The van der Waals surface area contributed by atoms with Crippen LogP contribution in [0.15, 0.2) is 10.3 Å². The van der Waals surface area contributed by atoms with Crippen molar-refractivity contribution >= 4 is 11.4 Å². The minimum Gasteiger partial charge on any atom is -0.411 e. The Hall–Kier alpha value is -1.10. The predicted molar refractivity (Wildman–Crippen MR) is 49.7 cm³/mol. The van der Waals surface area contributed by atoms with Gasteiger partial charge >= 0.3 is 0 Å². The van der Waals surface area contributed by atoms with Crippen LogP contribution in [0.1, 0.15) is 27.7 Å². The molecule has 1 aliphatic rings. The van der Waals surface area contributed by atoms with Crippen LogP contribution in [0.5, 0.6) is 0 Å². The summed E-state index contributed by atoms with van der Waals surface area (Å²) in [6.07, 6.45) is 0. The van der Waals surface area contributed by atoms with E-state index < -0.39 is 11.1 Å². The van der Waals surface area contributed by atoms with Gasteiger partial charge in [0.25, 0.3) is 0 Å². The van der Waals surface area contributed by atoms with Crippen molar-refractivity contribution in [3.05, 3.63) is 0 Å². The van der Waals surface area contributed by atoms with E-state index in [1.54, 1.807) is 0 Å². The number of rotatable bonds is 0. The summed E-state index contributed by atoms with van der Waals surface area (Å²) in [6.45, 7) is 7.45. The molecule has 5 heteroatoms. The van der Waals surface area contributed by atoms with Gasteiger partial charge in [0.2, 0.25) is 0 Å². The Balaban J connectivity index is 3.23. The number of hydrogen-bond donors (Lipinski definition) is 3. The summed E-state index contributed by atoms with van der Waals surface area (Å²) in [5.41, 5.74) is -0.195. The van der Waals surface area contributed by atoms with Crippen LogP contribution in [0, 0.1) is 0 Å². The van der Waals surface area contributed by atoms with Gasteiger partial charge in [0.15, 0.2) is 0 Å². The van der Waals surface area contributed by atoms with Crippen molar-refractivity contribution in [2.75, 3.05) is 0 Å². The molecule has 74 valence electrons. The van der Waals surface area contributed by atoms with Crippen molar-refractivity contribution in [1.82, 2.24) is 5.32 Å². The molecule has 0 amide bonds. The number of hydrogen-bond acceptors (Lipinski definition) is 5.